The second-order valence-electron chi connectivity index (χ2n) is 6.26. The van der Waals surface area contributed by atoms with Gasteiger partial charge in [-0.15, -0.1) is 0 Å². The summed E-state index contributed by atoms with van der Waals surface area (Å²) in [4.78, 5) is 28.1. The molecule has 0 spiro atoms. The number of hydrazone groups is 1. The molecule has 1 aliphatic carbocycles. The van der Waals surface area contributed by atoms with Crippen LogP contribution in [0.3, 0.4) is 0 Å². The predicted molar refractivity (Wildman–Crippen MR) is 106 cm³/mol. The monoisotopic (exact) mass is 413 g/mol. The number of allylic oxidation sites excluding steroid dienone is 2. The number of aromatic nitrogens is 1. The Hall–Kier alpha value is -2.96. The van der Waals surface area contributed by atoms with Gasteiger partial charge in [-0.2, -0.15) is 5.10 Å². The largest absolute Gasteiger partial charge is 0.478 e. The zero-order valence-electron chi connectivity index (χ0n) is 14.3. The second-order valence-corrected chi connectivity index (χ2v) is 7.08. The van der Waals surface area contributed by atoms with Crippen LogP contribution in [-0.4, -0.2) is 38.7 Å². The average molecular weight is 414 g/mol. The van der Waals surface area contributed by atoms with Gasteiger partial charge in [-0.1, -0.05) is 53.6 Å². The van der Waals surface area contributed by atoms with Gasteiger partial charge in [-0.3, -0.25) is 9.78 Å². The molecule has 0 radical (unpaired) electrons. The first kappa shape index (κ1) is 18.4. The van der Waals surface area contributed by atoms with Gasteiger partial charge in [0.15, 0.2) is 0 Å². The van der Waals surface area contributed by atoms with E-state index >= 15 is 0 Å². The van der Waals surface area contributed by atoms with Crippen LogP contribution in [0.15, 0.2) is 65.6 Å². The van der Waals surface area contributed by atoms with Crippen LogP contribution in [0.25, 0.3) is 0 Å². The first-order valence-electron chi connectivity index (χ1n) is 8.39. The van der Waals surface area contributed by atoms with Gasteiger partial charge in [0.1, 0.15) is 0 Å². The van der Waals surface area contributed by atoms with E-state index in [0.29, 0.717) is 12.1 Å². The number of pyridine rings is 1. The lowest BCUT2D eigenvalue weighted by Gasteiger charge is -2.23. The average Bonchev–Trinajstić information content (AvgIpc) is 3.07. The second kappa shape index (κ2) is 7.22. The fourth-order valence-corrected chi connectivity index (χ4v) is 3.76. The molecule has 1 N–H and O–H groups in total. The van der Waals surface area contributed by atoms with Crippen molar-refractivity contribution in [1.29, 1.82) is 0 Å². The Labute approximate surface area is 170 Å². The van der Waals surface area contributed by atoms with Crippen LogP contribution in [0, 0.1) is 0 Å². The number of carboxylic acid groups (broad SMARTS) is 1. The maximum Gasteiger partial charge on any atom is 0.335 e. The number of fused-ring (bicyclic) bond motifs is 1. The van der Waals surface area contributed by atoms with Crippen molar-refractivity contribution in [2.75, 3.05) is 0 Å². The molecule has 1 unspecified atom stereocenters. The molecule has 0 saturated carbocycles. The molecule has 140 valence electrons. The number of amides is 1. The van der Waals surface area contributed by atoms with E-state index in [9.17, 15) is 9.59 Å². The zero-order valence-corrected chi connectivity index (χ0v) is 15.9. The minimum atomic E-state index is -1.00. The standard InChI is InChI=1S/C20H13Cl2N3O3/c21-14-9-23-10-15(22)17(14)19(26)25-16-4-2-1-3-13(16)18(24-25)11-5-7-12(8-6-11)20(27)28/h1-3,5-10,16H,4H2,(H,27,28). The van der Waals surface area contributed by atoms with Crippen LogP contribution in [0.5, 0.6) is 0 Å². The number of carboxylic acids is 1. The molecule has 6 nitrogen and oxygen atoms in total. The Morgan fingerprint density at radius 1 is 1.11 bits per heavy atom. The van der Waals surface area contributed by atoms with Gasteiger partial charge in [0.05, 0.1) is 32.9 Å². The number of halogens is 2. The Morgan fingerprint density at radius 3 is 2.43 bits per heavy atom. The number of hydrogen-bond donors (Lipinski definition) is 1. The van der Waals surface area contributed by atoms with Crippen molar-refractivity contribution in [3.8, 4) is 0 Å². The first-order valence-corrected chi connectivity index (χ1v) is 9.15. The summed E-state index contributed by atoms with van der Waals surface area (Å²) < 4.78 is 0. The third kappa shape index (κ3) is 3.10. The normalized spacial score (nSPS) is 17.8. The highest BCUT2D eigenvalue weighted by Crippen LogP contribution is 2.34. The van der Waals surface area contributed by atoms with Gasteiger partial charge in [-0.25, -0.2) is 9.80 Å². The van der Waals surface area contributed by atoms with Crippen molar-refractivity contribution >= 4 is 40.8 Å². The lowest BCUT2D eigenvalue weighted by Crippen LogP contribution is -2.34. The molecule has 8 heteroatoms. The van der Waals surface area contributed by atoms with E-state index in [2.05, 4.69) is 10.1 Å². The molecular formula is C20H13Cl2N3O3. The van der Waals surface area contributed by atoms with Crippen molar-refractivity contribution in [2.24, 2.45) is 5.10 Å². The first-order chi connectivity index (χ1) is 13.5. The molecule has 2 heterocycles. The number of benzene rings is 1. The maximum absolute atomic E-state index is 13.2. The topological polar surface area (TPSA) is 82.9 Å². The zero-order chi connectivity index (χ0) is 19.8. The number of nitrogens with zero attached hydrogens (tertiary/aromatic N) is 3. The van der Waals surface area contributed by atoms with Crippen LogP contribution in [0.1, 0.15) is 32.7 Å². The minimum Gasteiger partial charge on any atom is -0.478 e. The van der Waals surface area contributed by atoms with Gasteiger partial charge < -0.3 is 5.11 Å². The number of carbonyl (C=O) groups excluding carboxylic acids is 1. The van der Waals surface area contributed by atoms with Gasteiger partial charge in [0, 0.05) is 23.5 Å². The molecule has 4 rings (SSSR count). The molecule has 1 aromatic heterocycles. The Kier molecular flexibility index (Phi) is 4.75. The molecular weight excluding hydrogens is 401 g/mol. The highest BCUT2D eigenvalue weighted by atomic mass is 35.5. The summed E-state index contributed by atoms with van der Waals surface area (Å²) in [6, 6.07) is 6.09. The van der Waals surface area contributed by atoms with E-state index in [-0.39, 0.29) is 27.2 Å². The van der Waals surface area contributed by atoms with E-state index in [0.717, 1.165) is 11.1 Å². The summed E-state index contributed by atoms with van der Waals surface area (Å²) in [5.74, 6) is -1.42. The number of rotatable bonds is 3. The molecule has 2 aliphatic rings. The third-order valence-electron chi connectivity index (χ3n) is 4.59. The van der Waals surface area contributed by atoms with Crippen LogP contribution >= 0.6 is 23.2 Å². The fourth-order valence-electron chi connectivity index (χ4n) is 3.23. The molecule has 1 atom stereocenters. The van der Waals surface area contributed by atoms with Gasteiger partial charge in [0.2, 0.25) is 0 Å². The molecule has 2 aromatic rings. The quantitative estimate of drug-likeness (QED) is 0.816. The molecule has 0 fully saturated rings. The van der Waals surface area contributed by atoms with Crippen LogP contribution < -0.4 is 0 Å². The predicted octanol–water partition coefficient (Wildman–Crippen LogP) is 4.20. The molecule has 0 saturated heterocycles. The van der Waals surface area contributed by atoms with E-state index in [1.54, 1.807) is 12.1 Å². The van der Waals surface area contributed by atoms with E-state index in [1.807, 2.05) is 18.2 Å². The highest BCUT2D eigenvalue weighted by molar-refractivity contribution is 6.39. The summed E-state index contributed by atoms with van der Waals surface area (Å²) in [5.41, 5.74) is 2.54. The fraction of sp³-hybridized carbons (Fsp3) is 0.100. The number of aromatic carboxylic acids is 1. The third-order valence-corrected chi connectivity index (χ3v) is 5.16. The summed E-state index contributed by atoms with van der Waals surface area (Å²) >= 11 is 12.3. The molecule has 1 aromatic carbocycles. The summed E-state index contributed by atoms with van der Waals surface area (Å²) in [5, 5.41) is 15.3. The van der Waals surface area contributed by atoms with Crippen molar-refractivity contribution in [1.82, 2.24) is 9.99 Å². The highest BCUT2D eigenvalue weighted by Gasteiger charge is 2.38. The van der Waals surface area contributed by atoms with E-state index < -0.39 is 11.9 Å². The van der Waals surface area contributed by atoms with Crippen LogP contribution in [0.4, 0.5) is 0 Å². The van der Waals surface area contributed by atoms with Gasteiger partial charge >= 0.3 is 5.97 Å². The lowest BCUT2D eigenvalue weighted by atomic mass is 9.92. The summed E-state index contributed by atoms with van der Waals surface area (Å²) in [6.07, 6.45) is 9.09. The lowest BCUT2D eigenvalue weighted by molar-refractivity contribution is 0.0694. The van der Waals surface area contributed by atoms with Crippen molar-refractivity contribution in [2.45, 2.75) is 12.5 Å². The van der Waals surface area contributed by atoms with Crippen LogP contribution in [0.2, 0.25) is 10.0 Å². The number of hydrogen-bond acceptors (Lipinski definition) is 4. The summed E-state index contributed by atoms with van der Waals surface area (Å²) in [7, 11) is 0. The van der Waals surface area contributed by atoms with Gasteiger partial charge in [-0.05, 0) is 18.6 Å². The Balaban J connectivity index is 1.76. The minimum absolute atomic E-state index is 0.151. The van der Waals surface area contributed by atoms with E-state index in [4.69, 9.17) is 28.3 Å². The van der Waals surface area contributed by atoms with Crippen molar-refractivity contribution in [3.05, 3.63) is 87.2 Å². The molecule has 1 amide bonds. The Bertz CT molecular complexity index is 1050. The van der Waals surface area contributed by atoms with Gasteiger partial charge in [0.25, 0.3) is 5.91 Å². The smallest absolute Gasteiger partial charge is 0.335 e. The van der Waals surface area contributed by atoms with E-state index in [1.165, 1.54) is 29.5 Å². The Morgan fingerprint density at radius 2 is 1.79 bits per heavy atom. The SMILES string of the molecule is O=C(O)c1ccc(C2=NN(C(=O)c3c(Cl)cncc3Cl)C3CC=CC=C23)cc1. The van der Waals surface area contributed by atoms with Crippen molar-refractivity contribution < 1.29 is 14.7 Å². The molecule has 0 bridgehead atoms. The molecule has 28 heavy (non-hydrogen) atoms. The summed E-state index contributed by atoms with van der Waals surface area (Å²) in [6.45, 7) is 0. The molecule has 1 aliphatic heterocycles. The van der Waals surface area contributed by atoms with Crippen molar-refractivity contribution in [3.63, 3.8) is 0 Å². The van der Waals surface area contributed by atoms with Crippen LogP contribution in [-0.2, 0) is 0 Å². The maximum atomic E-state index is 13.2. The number of carbonyl (C=O) groups is 2.